The van der Waals surface area contributed by atoms with E-state index in [-0.39, 0.29) is 12.2 Å². The summed E-state index contributed by atoms with van der Waals surface area (Å²) in [7, 11) is 0. The van der Waals surface area contributed by atoms with Crippen molar-refractivity contribution in [2.24, 2.45) is 5.73 Å². The molecule has 0 amide bonds. The van der Waals surface area contributed by atoms with Gasteiger partial charge < -0.3 is 20.8 Å². The highest BCUT2D eigenvalue weighted by Gasteiger charge is 2.21. The van der Waals surface area contributed by atoms with Gasteiger partial charge in [-0.15, -0.1) is 0 Å². The quantitative estimate of drug-likeness (QED) is 0.630. The van der Waals surface area contributed by atoms with Crippen LogP contribution in [0.5, 0.6) is 0 Å². The van der Waals surface area contributed by atoms with E-state index in [1.165, 1.54) is 6.20 Å². The van der Waals surface area contributed by atoms with E-state index in [1.54, 1.807) is 24.3 Å². The maximum Gasteiger partial charge on any atom is 0.323 e. The van der Waals surface area contributed by atoms with Gasteiger partial charge in [0.1, 0.15) is 0 Å². The van der Waals surface area contributed by atoms with Crippen LogP contribution in [0.1, 0.15) is 11.5 Å². The highest BCUT2D eigenvalue weighted by molar-refractivity contribution is 5.80. The van der Waals surface area contributed by atoms with E-state index in [2.05, 4.69) is 9.97 Å². The number of imidazole rings is 1. The van der Waals surface area contributed by atoms with Gasteiger partial charge in [-0.1, -0.05) is 24.3 Å². The van der Waals surface area contributed by atoms with Gasteiger partial charge in [0.05, 0.1) is 11.6 Å². The number of aliphatic carboxylic acids is 1. The summed E-state index contributed by atoms with van der Waals surface area (Å²) in [4.78, 5) is 27.4. The Hall–Kier alpha value is -2.34. The molecule has 0 aliphatic carbocycles. The minimum absolute atomic E-state index is 0.000994. The smallest absolute Gasteiger partial charge is 0.323 e. The molecule has 6 nitrogen and oxygen atoms in total. The molecule has 1 unspecified atom stereocenters. The highest BCUT2D eigenvalue weighted by Crippen LogP contribution is 2.27. The predicted molar refractivity (Wildman–Crippen MR) is 66.3 cm³/mol. The molecule has 5 N–H and O–H groups in total. The molecular weight excluding hydrogens is 234 g/mol. The molecular formula is C12H13N3O3. The number of rotatable bonds is 4. The Morgan fingerprint density at radius 2 is 2.11 bits per heavy atom. The van der Waals surface area contributed by atoms with E-state index < -0.39 is 11.9 Å². The van der Waals surface area contributed by atoms with Gasteiger partial charge in [0.25, 0.3) is 0 Å². The fourth-order valence-electron chi connectivity index (χ4n) is 1.88. The number of hydrogen-bond acceptors (Lipinski definition) is 3. The first kappa shape index (κ1) is 12.1. The summed E-state index contributed by atoms with van der Waals surface area (Å²) in [6.45, 7) is 0.000994. The number of carboxylic acids is 1. The fourth-order valence-corrected chi connectivity index (χ4v) is 1.88. The third kappa shape index (κ3) is 2.18. The lowest BCUT2D eigenvalue weighted by Gasteiger charge is -2.14. The first-order chi connectivity index (χ1) is 8.63. The van der Waals surface area contributed by atoms with E-state index in [0.717, 1.165) is 0 Å². The van der Waals surface area contributed by atoms with Crippen molar-refractivity contribution >= 4 is 5.97 Å². The Balaban J connectivity index is 2.55. The minimum Gasteiger partial charge on any atom is -0.481 e. The average molecular weight is 247 g/mol. The Bertz CT molecular complexity index is 615. The van der Waals surface area contributed by atoms with Crippen LogP contribution in [0.3, 0.4) is 0 Å². The summed E-state index contributed by atoms with van der Waals surface area (Å²) in [5.74, 6) is -1.78. The first-order valence-corrected chi connectivity index (χ1v) is 5.43. The number of nitrogens with one attached hydrogen (secondary N) is 2. The third-order valence-electron chi connectivity index (χ3n) is 2.76. The maximum absolute atomic E-state index is 11.2. The van der Waals surface area contributed by atoms with Crippen LogP contribution in [-0.2, 0) is 4.79 Å². The molecule has 6 heteroatoms. The van der Waals surface area contributed by atoms with E-state index in [4.69, 9.17) is 10.8 Å². The zero-order chi connectivity index (χ0) is 13.1. The van der Waals surface area contributed by atoms with Crippen molar-refractivity contribution in [3.63, 3.8) is 0 Å². The number of hydrogen-bond donors (Lipinski definition) is 4. The second-order valence-corrected chi connectivity index (χ2v) is 3.87. The standard InChI is InChI=1S/C12H13N3O3/c13-5-9(11(16)17)7-3-1-2-4-8(7)10-6-14-12(18)15-10/h1-4,6,9H,5,13H2,(H,16,17)(H2,14,15,18). The van der Waals surface area contributed by atoms with Crippen molar-refractivity contribution < 1.29 is 9.90 Å². The van der Waals surface area contributed by atoms with Crippen LogP contribution < -0.4 is 11.4 Å². The molecule has 18 heavy (non-hydrogen) atoms. The lowest BCUT2D eigenvalue weighted by molar-refractivity contribution is -0.138. The maximum atomic E-state index is 11.2. The van der Waals surface area contributed by atoms with Crippen LogP contribution in [0.15, 0.2) is 35.3 Å². The van der Waals surface area contributed by atoms with E-state index in [9.17, 15) is 9.59 Å². The van der Waals surface area contributed by atoms with Crippen molar-refractivity contribution in [1.29, 1.82) is 0 Å². The molecule has 0 aliphatic heterocycles. The molecule has 0 aliphatic rings. The molecule has 0 fully saturated rings. The van der Waals surface area contributed by atoms with Gasteiger partial charge in [-0.3, -0.25) is 4.79 Å². The lowest BCUT2D eigenvalue weighted by Crippen LogP contribution is -2.21. The summed E-state index contributed by atoms with van der Waals surface area (Å²) in [6, 6.07) is 6.97. The first-order valence-electron chi connectivity index (χ1n) is 5.43. The molecule has 0 saturated heterocycles. The minimum atomic E-state index is -0.983. The Morgan fingerprint density at radius 1 is 1.39 bits per heavy atom. The van der Waals surface area contributed by atoms with Crippen LogP contribution >= 0.6 is 0 Å². The zero-order valence-electron chi connectivity index (χ0n) is 9.51. The van der Waals surface area contributed by atoms with Gasteiger partial charge in [-0.05, 0) is 5.56 Å². The Kier molecular flexibility index (Phi) is 3.29. The number of aromatic nitrogens is 2. The van der Waals surface area contributed by atoms with E-state index >= 15 is 0 Å². The number of carboxylic acid groups (broad SMARTS) is 1. The van der Waals surface area contributed by atoms with Gasteiger partial charge in [0.15, 0.2) is 0 Å². The van der Waals surface area contributed by atoms with Gasteiger partial charge in [-0.2, -0.15) is 0 Å². The Morgan fingerprint density at radius 3 is 2.67 bits per heavy atom. The molecule has 1 aromatic carbocycles. The normalized spacial score (nSPS) is 12.3. The van der Waals surface area contributed by atoms with Gasteiger partial charge in [-0.25, -0.2) is 4.79 Å². The van der Waals surface area contributed by atoms with E-state index in [0.29, 0.717) is 16.8 Å². The second kappa shape index (κ2) is 4.89. The second-order valence-electron chi connectivity index (χ2n) is 3.87. The number of carbonyl (C=O) groups is 1. The van der Waals surface area contributed by atoms with Crippen molar-refractivity contribution in [2.45, 2.75) is 5.92 Å². The fraction of sp³-hybridized carbons (Fsp3) is 0.167. The molecule has 0 radical (unpaired) electrons. The number of H-pyrrole nitrogens is 2. The summed E-state index contributed by atoms with van der Waals surface area (Å²) in [6.07, 6.45) is 1.51. The Labute approximate surface area is 102 Å². The number of nitrogens with two attached hydrogens (primary N) is 1. The van der Waals surface area contributed by atoms with Gasteiger partial charge in [0.2, 0.25) is 0 Å². The van der Waals surface area contributed by atoms with Gasteiger partial charge in [0, 0.05) is 18.3 Å². The van der Waals surface area contributed by atoms with Crippen LogP contribution in [0.4, 0.5) is 0 Å². The molecule has 1 atom stereocenters. The average Bonchev–Trinajstić information content (AvgIpc) is 2.77. The summed E-state index contributed by atoms with van der Waals surface area (Å²) >= 11 is 0. The SMILES string of the molecule is NCC(C(=O)O)c1ccccc1-c1c[nH]c(=O)[nH]1. The topological polar surface area (TPSA) is 112 Å². The van der Waals surface area contributed by atoms with Crippen molar-refractivity contribution in [3.8, 4) is 11.3 Å². The molecule has 2 rings (SSSR count). The summed E-state index contributed by atoms with van der Waals surface area (Å²) < 4.78 is 0. The van der Waals surface area contributed by atoms with Crippen molar-refractivity contribution in [2.75, 3.05) is 6.54 Å². The van der Waals surface area contributed by atoms with E-state index in [1.807, 2.05) is 0 Å². The molecule has 0 bridgehead atoms. The highest BCUT2D eigenvalue weighted by atomic mass is 16.4. The largest absolute Gasteiger partial charge is 0.481 e. The van der Waals surface area contributed by atoms with Crippen LogP contribution in [0.2, 0.25) is 0 Å². The molecule has 0 spiro atoms. The van der Waals surface area contributed by atoms with Gasteiger partial charge >= 0.3 is 11.7 Å². The van der Waals surface area contributed by atoms with Crippen molar-refractivity contribution in [3.05, 3.63) is 46.5 Å². The molecule has 94 valence electrons. The molecule has 1 aromatic heterocycles. The number of benzene rings is 1. The predicted octanol–water partition coefficient (Wildman–Crippen LogP) is 0.497. The number of aromatic amines is 2. The van der Waals surface area contributed by atoms with Crippen molar-refractivity contribution in [1.82, 2.24) is 9.97 Å². The summed E-state index contributed by atoms with van der Waals surface area (Å²) in [5, 5.41) is 9.14. The monoisotopic (exact) mass is 247 g/mol. The van der Waals surface area contributed by atoms with Crippen LogP contribution in [0, 0.1) is 0 Å². The molecule has 1 heterocycles. The van der Waals surface area contributed by atoms with Crippen LogP contribution in [0.25, 0.3) is 11.3 Å². The summed E-state index contributed by atoms with van der Waals surface area (Å²) in [5.41, 5.74) is 6.96. The third-order valence-corrected chi connectivity index (χ3v) is 2.76. The zero-order valence-corrected chi connectivity index (χ0v) is 9.51. The van der Waals surface area contributed by atoms with Crippen LogP contribution in [-0.4, -0.2) is 27.6 Å². The molecule has 2 aromatic rings. The lowest BCUT2D eigenvalue weighted by atomic mass is 9.93. The molecule has 0 saturated carbocycles.